The van der Waals surface area contributed by atoms with Gasteiger partial charge in [0, 0.05) is 5.56 Å². The monoisotopic (exact) mass is 442 g/mol. The van der Waals surface area contributed by atoms with Crippen LogP contribution < -0.4 is 15.8 Å². The van der Waals surface area contributed by atoms with Crippen LogP contribution in [-0.4, -0.2) is 66.9 Å². The Labute approximate surface area is 183 Å². The normalized spacial score (nSPS) is 29.8. The number of ether oxygens (including phenoxy) is 2. The van der Waals surface area contributed by atoms with Crippen LogP contribution in [0.3, 0.4) is 0 Å². The molecule has 3 aromatic rings. The van der Waals surface area contributed by atoms with Crippen molar-refractivity contribution in [3.63, 3.8) is 0 Å². The van der Waals surface area contributed by atoms with Gasteiger partial charge in [0.25, 0.3) is 0 Å². The first-order valence-electron chi connectivity index (χ1n) is 10.5. The van der Waals surface area contributed by atoms with Gasteiger partial charge in [-0.05, 0) is 30.9 Å². The van der Waals surface area contributed by atoms with Crippen molar-refractivity contribution in [1.82, 2.24) is 19.5 Å². The van der Waals surface area contributed by atoms with Gasteiger partial charge in [0.1, 0.15) is 36.1 Å². The lowest BCUT2D eigenvalue weighted by Gasteiger charge is -2.37. The Bertz CT molecular complexity index is 1140. The second-order valence-corrected chi connectivity index (χ2v) is 8.21. The largest absolute Gasteiger partial charge is 0.496 e. The van der Waals surface area contributed by atoms with Gasteiger partial charge >= 0.3 is 0 Å². The Morgan fingerprint density at radius 1 is 1.28 bits per heavy atom. The predicted molar refractivity (Wildman–Crippen MR) is 114 cm³/mol. The maximum atomic E-state index is 10.4. The molecule has 1 saturated heterocycles. The van der Waals surface area contributed by atoms with E-state index in [9.17, 15) is 15.3 Å². The highest BCUT2D eigenvalue weighted by Crippen LogP contribution is 2.39. The molecule has 0 radical (unpaired) electrons. The smallest absolute Gasteiger partial charge is 0.167 e. The summed E-state index contributed by atoms with van der Waals surface area (Å²) in [5.74, 6) is 1.25. The molecule has 1 aromatic carbocycles. The molecule has 0 bridgehead atoms. The molecule has 170 valence electrons. The summed E-state index contributed by atoms with van der Waals surface area (Å²) in [5, 5.41) is 33.2. The molecule has 32 heavy (non-hydrogen) atoms. The summed E-state index contributed by atoms with van der Waals surface area (Å²) in [4.78, 5) is 13.1. The highest BCUT2D eigenvalue weighted by atomic mass is 16.6. The number of methoxy groups -OCH3 is 1. The SMILES string of the molecule is COc1cccc2c1CCC[C@@]2(N)Nc1ncnc2c1ncn2[C@@H]1O[C@H](CO)[C@@H](O)[C@H]1O. The summed E-state index contributed by atoms with van der Waals surface area (Å²) in [6, 6.07) is 5.83. The van der Waals surface area contributed by atoms with E-state index in [1.54, 1.807) is 7.11 Å². The lowest BCUT2D eigenvalue weighted by molar-refractivity contribution is -0.0511. The summed E-state index contributed by atoms with van der Waals surface area (Å²) in [6.45, 7) is -0.415. The Morgan fingerprint density at radius 2 is 2.12 bits per heavy atom. The third-order valence-electron chi connectivity index (χ3n) is 6.32. The van der Waals surface area contributed by atoms with Crippen LogP contribution in [0.15, 0.2) is 30.9 Å². The molecule has 5 rings (SSSR count). The number of aromatic nitrogens is 4. The van der Waals surface area contributed by atoms with Crippen molar-refractivity contribution in [2.24, 2.45) is 5.73 Å². The number of aliphatic hydroxyl groups is 3. The van der Waals surface area contributed by atoms with Gasteiger partial charge in [-0.2, -0.15) is 0 Å². The maximum Gasteiger partial charge on any atom is 0.167 e. The van der Waals surface area contributed by atoms with E-state index in [-0.39, 0.29) is 0 Å². The number of anilines is 1. The zero-order valence-electron chi connectivity index (χ0n) is 17.5. The minimum Gasteiger partial charge on any atom is -0.496 e. The molecule has 1 aliphatic heterocycles. The van der Waals surface area contributed by atoms with Crippen LogP contribution in [0.25, 0.3) is 11.2 Å². The van der Waals surface area contributed by atoms with Gasteiger partial charge in [-0.25, -0.2) is 15.0 Å². The van der Waals surface area contributed by atoms with Crippen molar-refractivity contribution in [2.45, 2.75) is 49.5 Å². The van der Waals surface area contributed by atoms with Gasteiger partial charge in [0.15, 0.2) is 23.2 Å². The number of rotatable bonds is 5. The molecule has 0 saturated carbocycles. The summed E-state index contributed by atoms with van der Waals surface area (Å²) < 4.78 is 12.7. The van der Waals surface area contributed by atoms with E-state index in [1.165, 1.54) is 17.2 Å². The topological polar surface area (TPSA) is 161 Å². The maximum absolute atomic E-state index is 10.4. The third-order valence-corrected chi connectivity index (χ3v) is 6.32. The number of fused-ring (bicyclic) bond motifs is 2. The van der Waals surface area contributed by atoms with Gasteiger partial charge in [0.05, 0.1) is 20.0 Å². The first-order valence-corrected chi connectivity index (χ1v) is 10.5. The molecular formula is C21H26N6O5. The minimum atomic E-state index is -1.24. The third kappa shape index (κ3) is 3.21. The summed E-state index contributed by atoms with van der Waals surface area (Å²) in [7, 11) is 1.65. The number of imidazole rings is 1. The van der Waals surface area contributed by atoms with Crippen LogP contribution >= 0.6 is 0 Å². The molecule has 3 heterocycles. The highest BCUT2D eigenvalue weighted by molar-refractivity contribution is 5.83. The quantitative estimate of drug-likeness (QED) is 0.340. The second-order valence-electron chi connectivity index (χ2n) is 8.21. The average molecular weight is 442 g/mol. The number of aliphatic hydroxyl groups excluding tert-OH is 3. The van der Waals surface area contributed by atoms with Gasteiger partial charge in [-0.1, -0.05) is 12.1 Å². The molecule has 11 nitrogen and oxygen atoms in total. The Morgan fingerprint density at radius 3 is 2.88 bits per heavy atom. The fraction of sp³-hybridized carbons (Fsp3) is 0.476. The Balaban J connectivity index is 1.51. The van der Waals surface area contributed by atoms with Gasteiger partial charge in [0.2, 0.25) is 0 Å². The van der Waals surface area contributed by atoms with E-state index in [4.69, 9.17) is 15.2 Å². The molecule has 1 aliphatic carbocycles. The minimum absolute atomic E-state index is 0.405. The first-order chi connectivity index (χ1) is 15.5. The average Bonchev–Trinajstić information content (AvgIpc) is 3.35. The molecule has 2 aliphatic rings. The molecule has 11 heteroatoms. The molecule has 0 amide bonds. The predicted octanol–water partition coefficient (Wildman–Crippen LogP) is 0.00630. The first kappa shape index (κ1) is 21.0. The van der Waals surface area contributed by atoms with Crippen molar-refractivity contribution in [3.05, 3.63) is 42.0 Å². The standard InChI is InChI=1S/C21H26N6O5/c1-31-13-6-2-5-12-11(13)4-3-7-21(12,22)26-18-15-19(24-9-23-18)27(10-25-15)20-17(30)16(29)14(8-28)32-20/h2,5-6,9-10,14,16-17,20,28-30H,3-4,7-8,22H2,1H3,(H,23,24,26)/t14-,16-,17-,20-,21-/m1/s1. The number of hydrogen-bond acceptors (Lipinski definition) is 10. The number of nitrogens with one attached hydrogen (secondary N) is 1. The van der Waals surface area contributed by atoms with Crippen LogP contribution in [0.4, 0.5) is 5.82 Å². The van der Waals surface area contributed by atoms with Crippen LogP contribution in [0.2, 0.25) is 0 Å². The van der Waals surface area contributed by atoms with Crippen molar-refractivity contribution >= 4 is 17.0 Å². The van der Waals surface area contributed by atoms with E-state index >= 15 is 0 Å². The zero-order valence-corrected chi connectivity index (χ0v) is 17.5. The van der Waals surface area contributed by atoms with Crippen LogP contribution in [0.1, 0.15) is 30.2 Å². The second kappa shape index (κ2) is 7.94. The number of nitrogens with zero attached hydrogens (tertiary/aromatic N) is 4. The van der Waals surface area contributed by atoms with E-state index < -0.39 is 36.8 Å². The molecular weight excluding hydrogens is 416 g/mol. The molecule has 5 atom stereocenters. The van der Waals surface area contributed by atoms with Crippen molar-refractivity contribution < 1.29 is 24.8 Å². The lowest BCUT2D eigenvalue weighted by Crippen LogP contribution is -2.47. The molecule has 0 spiro atoms. The number of nitrogens with two attached hydrogens (primary N) is 1. The van der Waals surface area contributed by atoms with Gasteiger partial charge in [-0.3, -0.25) is 4.57 Å². The fourth-order valence-corrected chi connectivity index (χ4v) is 4.69. The van der Waals surface area contributed by atoms with E-state index in [1.807, 2.05) is 18.2 Å². The van der Waals surface area contributed by atoms with E-state index in [0.717, 1.165) is 29.7 Å². The number of hydrogen-bond donors (Lipinski definition) is 5. The summed E-state index contributed by atoms with van der Waals surface area (Å²) in [6.07, 6.45) is 0.982. The molecule has 2 aromatic heterocycles. The van der Waals surface area contributed by atoms with E-state index in [2.05, 4.69) is 20.3 Å². The van der Waals surface area contributed by atoms with Crippen LogP contribution in [0.5, 0.6) is 5.75 Å². The summed E-state index contributed by atoms with van der Waals surface area (Å²) >= 11 is 0. The lowest BCUT2D eigenvalue weighted by atomic mass is 9.82. The van der Waals surface area contributed by atoms with Gasteiger partial charge in [-0.15, -0.1) is 0 Å². The Hall–Kier alpha value is -2.83. The van der Waals surface area contributed by atoms with Crippen molar-refractivity contribution in [3.8, 4) is 5.75 Å². The summed E-state index contributed by atoms with van der Waals surface area (Å²) in [5.41, 5.74) is 8.82. The number of benzene rings is 1. The van der Waals surface area contributed by atoms with Crippen molar-refractivity contribution in [1.29, 1.82) is 0 Å². The van der Waals surface area contributed by atoms with Crippen molar-refractivity contribution in [2.75, 3.05) is 19.0 Å². The highest BCUT2D eigenvalue weighted by Gasteiger charge is 2.44. The van der Waals surface area contributed by atoms with E-state index in [0.29, 0.717) is 23.4 Å². The van der Waals surface area contributed by atoms with Gasteiger partial charge < -0.3 is 35.8 Å². The zero-order chi connectivity index (χ0) is 22.5. The molecule has 6 N–H and O–H groups in total. The Kier molecular flexibility index (Phi) is 5.22. The molecule has 0 unspecified atom stereocenters. The van der Waals surface area contributed by atoms with Crippen LogP contribution in [-0.2, 0) is 16.8 Å². The fourth-order valence-electron chi connectivity index (χ4n) is 4.69. The molecule has 1 fully saturated rings. The van der Waals surface area contributed by atoms with Crippen LogP contribution in [0, 0.1) is 0 Å².